The van der Waals surface area contributed by atoms with E-state index in [-0.39, 0.29) is 12.1 Å². The molecule has 0 bridgehead atoms. The van der Waals surface area contributed by atoms with Crippen LogP contribution >= 0.6 is 0 Å². The largest absolute Gasteiger partial charge is 0.444 e. The van der Waals surface area contributed by atoms with E-state index < -0.39 is 5.60 Å². The van der Waals surface area contributed by atoms with Crippen LogP contribution in [-0.2, 0) is 11.3 Å². The second-order valence-corrected chi connectivity index (χ2v) is 5.80. The van der Waals surface area contributed by atoms with Crippen molar-refractivity contribution in [2.75, 3.05) is 0 Å². The number of carbonyl (C=O) groups excluding carboxylic acids is 1. The maximum Gasteiger partial charge on any atom is 0.407 e. The van der Waals surface area contributed by atoms with Crippen molar-refractivity contribution in [2.45, 2.75) is 51.4 Å². The Hall–Kier alpha value is -1.62. The monoisotopic (exact) mass is 263 g/mol. The highest BCUT2D eigenvalue weighted by molar-refractivity contribution is 5.68. The Bertz CT molecular complexity index is 428. The summed E-state index contributed by atoms with van der Waals surface area (Å²) in [5.74, 6) is 0. The van der Waals surface area contributed by atoms with Gasteiger partial charge in [-0.3, -0.25) is 4.98 Å². The minimum absolute atomic E-state index is 0.165. The smallest absolute Gasteiger partial charge is 0.407 e. The number of nitrogens with one attached hydrogen (secondary N) is 2. The van der Waals surface area contributed by atoms with E-state index in [4.69, 9.17) is 4.74 Å². The van der Waals surface area contributed by atoms with Crippen LogP contribution in [0.1, 0.15) is 32.9 Å². The number of hydrogen-bond donors (Lipinski definition) is 2. The van der Waals surface area contributed by atoms with Crippen molar-refractivity contribution in [3.63, 3.8) is 0 Å². The average Bonchev–Trinajstić information content (AvgIpc) is 3.03. The van der Waals surface area contributed by atoms with Crippen molar-refractivity contribution < 1.29 is 9.53 Å². The number of rotatable bonds is 4. The lowest BCUT2D eigenvalue weighted by Crippen LogP contribution is -2.36. The third-order valence-corrected chi connectivity index (χ3v) is 2.76. The molecule has 1 saturated carbocycles. The zero-order chi connectivity index (χ0) is 13.9. The van der Waals surface area contributed by atoms with Crippen LogP contribution in [0.5, 0.6) is 0 Å². The number of pyridine rings is 1. The quantitative estimate of drug-likeness (QED) is 0.870. The molecule has 1 fully saturated rings. The summed E-state index contributed by atoms with van der Waals surface area (Å²) in [6.07, 6.45) is 2.37. The van der Waals surface area contributed by atoms with Gasteiger partial charge in [0.2, 0.25) is 0 Å². The van der Waals surface area contributed by atoms with Gasteiger partial charge in [0, 0.05) is 24.8 Å². The molecule has 0 spiro atoms. The maximum atomic E-state index is 11.6. The molecule has 0 aromatic carbocycles. The molecule has 1 aliphatic rings. The molecule has 19 heavy (non-hydrogen) atoms. The normalized spacial score (nSPS) is 21.8. The highest BCUT2D eigenvalue weighted by Gasteiger charge is 2.38. The highest BCUT2D eigenvalue weighted by atomic mass is 16.6. The molecule has 1 aromatic rings. The van der Waals surface area contributed by atoms with Crippen LogP contribution in [0.2, 0.25) is 0 Å². The van der Waals surface area contributed by atoms with E-state index in [1.165, 1.54) is 0 Å². The number of alkyl carbamates (subject to hydrolysis) is 1. The van der Waals surface area contributed by atoms with Crippen molar-refractivity contribution in [3.05, 3.63) is 30.1 Å². The molecule has 5 nitrogen and oxygen atoms in total. The van der Waals surface area contributed by atoms with Gasteiger partial charge in [-0.2, -0.15) is 0 Å². The van der Waals surface area contributed by atoms with Gasteiger partial charge in [-0.15, -0.1) is 0 Å². The second kappa shape index (κ2) is 5.57. The number of aromatic nitrogens is 1. The predicted molar refractivity (Wildman–Crippen MR) is 72.6 cm³/mol. The van der Waals surface area contributed by atoms with Crippen LogP contribution in [0.3, 0.4) is 0 Å². The van der Waals surface area contributed by atoms with Crippen LogP contribution in [0.15, 0.2) is 24.4 Å². The summed E-state index contributed by atoms with van der Waals surface area (Å²) < 4.78 is 5.21. The Kier molecular flexibility index (Phi) is 4.04. The zero-order valence-electron chi connectivity index (χ0n) is 11.6. The van der Waals surface area contributed by atoms with Crippen molar-refractivity contribution in [3.8, 4) is 0 Å². The van der Waals surface area contributed by atoms with Gasteiger partial charge in [0.25, 0.3) is 0 Å². The molecule has 1 heterocycles. The first-order valence-electron chi connectivity index (χ1n) is 6.57. The average molecular weight is 263 g/mol. The van der Waals surface area contributed by atoms with Gasteiger partial charge in [0.05, 0.1) is 5.69 Å². The predicted octanol–water partition coefficient (Wildman–Crippen LogP) is 1.84. The summed E-state index contributed by atoms with van der Waals surface area (Å²) in [7, 11) is 0. The van der Waals surface area contributed by atoms with Gasteiger partial charge in [-0.05, 0) is 39.3 Å². The standard InChI is InChI=1S/C14H21N3O2/c1-14(2,3)19-13(18)17-12-8-11(12)16-9-10-6-4-5-7-15-10/h4-7,11-12,16H,8-9H2,1-3H3,(H,17,18). The molecule has 0 radical (unpaired) electrons. The first-order chi connectivity index (χ1) is 8.94. The van der Waals surface area contributed by atoms with Gasteiger partial charge in [-0.25, -0.2) is 4.79 Å². The molecule has 0 aliphatic heterocycles. The van der Waals surface area contributed by atoms with Gasteiger partial charge >= 0.3 is 6.09 Å². The first-order valence-corrected chi connectivity index (χ1v) is 6.57. The van der Waals surface area contributed by atoms with E-state index in [0.29, 0.717) is 6.04 Å². The summed E-state index contributed by atoms with van der Waals surface area (Å²) in [5.41, 5.74) is 0.556. The zero-order valence-corrected chi connectivity index (χ0v) is 11.6. The fourth-order valence-electron chi connectivity index (χ4n) is 1.78. The third kappa shape index (κ3) is 4.87. The van der Waals surface area contributed by atoms with E-state index in [1.807, 2.05) is 39.0 Å². The van der Waals surface area contributed by atoms with Crippen molar-refractivity contribution in [1.82, 2.24) is 15.6 Å². The fraction of sp³-hybridized carbons (Fsp3) is 0.571. The molecule has 5 heteroatoms. The number of nitrogens with zero attached hydrogens (tertiary/aromatic N) is 1. The van der Waals surface area contributed by atoms with Crippen LogP contribution in [0.4, 0.5) is 4.79 Å². The van der Waals surface area contributed by atoms with Gasteiger partial charge in [-0.1, -0.05) is 6.07 Å². The molecular formula is C14H21N3O2. The summed E-state index contributed by atoms with van der Waals surface area (Å²) >= 11 is 0. The molecule has 1 amide bonds. The van der Waals surface area contributed by atoms with Crippen molar-refractivity contribution >= 4 is 6.09 Å². The topological polar surface area (TPSA) is 63.2 Å². The Morgan fingerprint density at radius 3 is 2.84 bits per heavy atom. The molecule has 1 aliphatic carbocycles. The Labute approximate surface area is 113 Å². The van der Waals surface area contributed by atoms with Crippen LogP contribution in [0, 0.1) is 0 Å². The van der Waals surface area contributed by atoms with Gasteiger partial charge < -0.3 is 15.4 Å². The molecule has 2 N–H and O–H groups in total. The van der Waals surface area contributed by atoms with Gasteiger partial charge in [0.1, 0.15) is 5.60 Å². The fourth-order valence-corrected chi connectivity index (χ4v) is 1.78. The Morgan fingerprint density at radius 1 is 1.42 bits per heavy atom. The lowest BCUT2D eigenvalue weighted by molar-refractivity contribution is 0.0522. The molecular weight excluding hydrogens is 242 g/mol. The Balaban J connectivity index is 1.66. The summed E-state index contributed by atoms with van der Waals surface area (Å²) in [4.78, 5) is 15.8. The molecule has 104 valence electrons. The molecule has 0 saturated heterocycles. The van der Waals surface area contributed by atoms with Gasteiger partial charge in [0.15, 0.2) is 0 Å². The summed E-state index contributed by atoms with van der Waals surface area (Å²) in [6.45, 7) is 6.29. The minimum atomic E-state index is -0.449. The lowest BCUT2D eigenvalue weighted by atomic mass is 10.2. The van der Waals surface area contributed by atoms with Crippen molar-refractivity contribution in [1.29, 1.82) is 0 Å². The van der Waals surface area contributed by atoms with E-state index in [0.717, 1.165) is 18.7 Å². The molecule has 2 rings (SSSR count). The molecule has 1 aromatic heterocycles. The van der Waals surface area contributed by atoms with E-state index in [1.54, 1.807) is 6.20 Å². The van der Waals surface area contributed by atoms with Crippen LogP contribution < -0.4 is 10.6 Å². The summed E-state index contributed by atoms with van der Waals surface area (Å²) in [5, 5.41) is 6.21. The Morgan fingerprint density at radius 2 is 2.21 bits per heavy atom. The number of carbonyl (C=O) groups is 1. The number of amides is 1. The number of hydrogen-bond acceptors (Lipinski definition) is 4. The first kappa shape index (κ1) is 13.8. The SMILES string of the molecule is CC(C)(C)OC(=O)NC1CC1NCc1ccccn1. The minimum Gasteiger partial charge on any atom is -0.444 e. The van der Waals surface area contributed by atoms with Crippen LogP contribution in [-0.4, -0.2) is 28.8 Å². The molecule has 2 atom stereocenters. The van der Waals surface area contributed by atoms with E-state index in [9.17, 15) is 4.79 Å². The summed E-state index contributed by atoms with van der Waals surface area (Å²) in [6, 6.07) is 6.32. The highest BCUT2D eigenvalue weighted by Crippen LogP contribution is 2.22. The van der Waals surface area contributed by atoms with E-state index >= 15 is 0 Å². The lowest BCUT2D eigenvalue weighted by Gasteiger charge is -2.19. The number of ether oxygens (including phenoxy) is 1. The second-order valence-electron chi connectivity index (χ2n) is 5.80. The van der Waals surface area contributed by atoms with Crippen molar-refractivity contribution in [2.24, 2.45) is 0 Å². The third-order valence-electron chi connectivity index (χ3n) is 2.76. The maximum absolute atomic E-state index is 11.6. The van der Waals surface area contributed by atoms with Crippen LogP contribution in [0.25, 0.3) is 0 Å². The molecule has 2 unspecified atom stereocenters. The van der Waals surface area contributed by atoms with E-state index in [2.05, 4.69) is 15.6 Å².